The van der Waals surface area contributed by atoms with Crippen LogP contribution in [-0.4, -0.2) is 24.7 Å². The number of carbonyl (C=O) groups is 1. The number of rotatable bonds is 4. The van der Waals surface area contributed by atoms with Crippen LogP contribution in [0.4, 0.5) is 0 Å². The minimum Gasteiger partial charge on any atom is -0.462 e. The monoisotopic (exact) mass is 185 g/mol. The fourth-order valence-electron chi connectivity index (χ4n) is 1.60. The molecule has 0 unspecified atom stereocenters. The summed E-state index contributed by atoms with van der Waals surface area (Å²) in [6.07, 6.45) is 2.37. The number of hydrogen-bond donors (Lipinski definition) is 1. The van der Waals surface area contributed by atoms with E-state index in [4.69, 9.17) is 4.74 Å². The summed E-state index contributed by atoms with van der Waals surface area (Å²) in [6, 6.07) is 0.537. The summed E-state index contributed by atoms with van der Waals surface area (Å²) in [5.41, 5.74) is 0. The van der Waals surface area contributed by atoms with Gasteiger partial charge >= 0.3 is 5.97 Å². The molecule has 1 rings (SSSR count). The van der Waals surface area contributed by atoms with Crippen LogP contribution in [0.3, 0.4) is 0 Å². The predicted molar refractivity (Wildman–Crippen MR) is 51.4 cm³/mol. The van der Waals surface area contributed by atoms with Crippen LogP contribution in [0.2, 0.25) is 0 Å². The van der Waals surface area contributed by atoms with Gasteiger partial charge in [0.15, 0.2) is 0 Å². The molecule has 0 amide bonds. The first kappa shape index (κ1) is 10.5. The molecule has 0 aromatic rings. The van der Waals surface area contributed by atoms with Gasteiger partial charge in [-0.25, -0.2) is 0 Å². The second-order valence-corrected chi connectivity index (χ2v) is 4.19. The van der Waals surface area contributed by atoms with Gasteiger partial charge in [-0.1, -0.05) is 6.92 Å². The van der Waals surface area contributed by atoms with Crippen LogP contribution < -0.4 is 5.32 Å². The number of ether oxygens (including phenoxy) is 1. The SMILES string of the molecule is CC1CC(NCC(=O)OC(C)C)C1. The molecule has 13 heavy (non-hydrogen) atoms. The molecule has 3 nitrogen and oxygen atoms in total. The van der Waals surface area contributed by atoms with Crippen LogP contribution >= 0.6 is 0 Å². The Morgan fingerprint density at radius 2 is 2.15 bits per heavy atom. The van der Waals surface area contributed by atoms with Crippen molar-refractivity contribution in [3.05, 3.63) is 0 Å². The summed E-state index contributed by atoms with van der Waals surface area (Å²) in [5, 5.41) is 3.18. The quantitative estimate of drug-likeness (QED) is 0.671. The van der Waals surface area contributed by atoms with Gasteiger partial charge in [0.05, 0.1) is 12.6 Å². The van der Waals surface area contributed by atoms with Gasteiger partial charge in [0.2, 0.25) is 0 Å². The highest BCUT2D eigenvalue weighted by Crippen LogP contribution is 2.25. The van der Waals surface area contributed by atoms with Crippen LogP contribution in [0.5, 0.6) is 0 Å². The third-order valence-electron chi connectivity index (χ3n) is 2.28. The number of carbonyl (C=O) groups excluding carboxylic acids is 1. The van der Waals surface area contributed by atoms with Crippen molar-refractivity contribution in [3.63, 3.8) is 0 Å². The molecule has 1 aliphatic rings. The molecule has 0 aliphatic heterocycles. The molecule has 0 aromatic heterocycles. The summed E-state index contributed by atoms with van der Waals surface area (Å²) in [5.74, 6) is 0.674. The lowest BCUT2D eigenvalue weighted by atomic mass is 9.82. The van der Waals surface area contributed by atoms with Gasteiger partial charge < -0.3 is 10.1 Å². The first-order valence-corrected chi connectivity index (χ1v) is 5.00. The average molecular weight is 185 g/mol. The Kier molecular flexibility index (Phi) is 3.72. The summed E-state index contributed by atoms with van der Waals surface area (Å²) in [7, 11) is 0. The molecule has 0 radical (unpaired) electrons. The number of esters is 1. The normalized spacial score (nSPS) is 27.1. The van der Waals surface area contributed by atoms with E-state index in [2.05, 4.69) is 12.2 Å². The fraction of sp³-hybridized carbons (Fsp3) is 0.900. The molecule has 76 valence electrons. The van der Waals surface area contributed by atoms with Crippen LogP contribution in [0.25, 0.3) is 0 Å². The van der Waals surface area contributed by atoms with Gasteiger partial charge in [0, 0.05) is 6.04 Å². The maximum atomic E-state index is 11.1. The Morgan fingerprint density at radius 3 is 2.62 bits per heavy atom. The number of hydrogen-bond acceptors (Lipinski definition) is 3. The topological polar surface area (TPSA) is 38.3 Å². The molecule has 0 spiro atoms. The summed E-state index contributed by atoms with van der Waals surface area (Å²) in [6.45, 7) is 6.31. The molecular formula is C10H19NO2. The van der Waals surface area contributed by atoms with Crippen LogP contribution in [0.15, 0.2) is 0 Å². The highest BCUT2D eigenvalue weighted by Gasteiger charge is 2.25. The van der Waals surface area contributed by atoms with Crippen LogP contribution in [0.1, 0.15) is 33.6 Å². The van der Waals surface area contributed by atoms with Gasteiger partial charge in [-0.2, -0.15) is 0 Å². The van der Waals surface area contributed by atoms with E-state index in [-0.39, 0.29) is 12.1 Å². The molecule has 1 saturated carbocycles. The average Bonchev–Trinajstić information content (AvgIpc) is 1.94. The Balaban J connectivity index is 2.02. The van der Waals surface area contributed by atoms with E-state index in [9.17, 15) is 4.79 Å². The Bertz CT molecular complexity index is 174. The van der Waals surface area contributed by atoms with Gasteiger partial charge in [0.1, 0.15) is 0 Å². The van der Waals surface area contributed by atoms with E-state index in [1.807, 2.05) is 13.8 Å². The van der Waals surface area contributed by atoms with Crippen molar-refractivity contribution in [1.29, 1.82) is 0 Å². The van der Waals surface area contributed by atoms with Crippen molar-refractivity contribution >= 4 is 5.97 Å². The van der Waals surface area contributed by atoms with Crippen LogP contribution in [0, 0.1) is 5.92 Å². The molecule has 3 heteroatoms. The Hall–Kier alpha value is -0.570. The van der Waals surface area contributed by atoms with Crippen LogP contribution in [-0.2, 0) is 9.53 Å². The summed E-state index contributed by atoms with van der Waals surface area (Å²) >= 11 is 0. The molecule has 0 bridgehead atoms. The zero-order valence-electron chi connectivity index (χ0n) is 8.67. The van der Waals surface area contributed by atoms with E-state index in [1.165, 1.54) is 12.8 Å². The lowest BCUT2D eigenvalue weighted by Gasteiger charge is -2.33. The molecule has 1 aliphatic carbocycles. The molecule has 1 fully saturated rings. The third-order valence-corrected chi connectivity index (χ3v) is 2.28. The minimum absolute atomic E-state index is 0.00499. The third kappa shape index (κ3) is 3.77. The zero-order chi connectivity index (χ0) is 9.84. The second kappa shape index (κ2) is 4.61. The van der Waals surface area contributed by atoms with E-state index in [1.54, 1.807) is 0 Å². The van der Waals surface area contributed by atoms with Crippen molar-refractivity contribution in [2.45, 2.75) is 45.8 Å². The molecule has 0 atom stereocenters. The molecule has 0 saturated heterocycles. The van der Waals surface area contributed by atoms with Crippen molar-refractivity contribution in [2.75, 3.05) is 6.54 Å². The smallest absolute Gasteiger partial charge is 0.320 e. The van der Waals surface area contributed by atoms with E-state index in [0.29, 0.717) is 12.6 Å². The number of nitrogens with one attached hydrogen (secondary N) is 1. The van der Waals surface area contributed by atoms with Crippen molar-refractivity contribution in [3.8, 4) is 0 Å². The largest absolute Gasteiger partial charge is 0.462 e. The van der Waals surface area contributed by atoms with Crippen molar-refractivity contribution in [1.82, 2.24) is 5.32 Å². The summed E-state index contributed by atoms with van der Waals surface area (Å²) < 4.78 is 4.99. The second-order valence-electron chi connectivity index (χ2n) is 4.19. The summed E-state index contributed by atoms with van der Waals surface area (Å²) in [4.78, 5) is 11.1. The van der Waals surface area contributed by atoms with Gasteiger partial charge in [-0.15, -0.1) is 0 Å². The Labute approximate surface area is 79.8 Å². The fourth-order valence-corrected chi connectivity index (χ4v) is 1.60. The maximum absolute atomic E-state index is 11.1. The van der Waals surface area contributed by atoms with Crippen molar-refractivity contribution < 1.29 is 9.53 Å². The van der Waals surface area contributed by atoms with Gasteiger partial charge in [0.25, 0.3) is 0 Å². The molecule has 0 heterocycles. The highest BCUT2D eigenvalue weighted by atomic mass is 16.5. The first-order chi connectivity index (χ1) is 6.08. The molecule has 1 N–H and O–H groups in total. The van der Waals surface area contributed by atoms with Gasteiger partial charge in [-0.05, 0) is 32.6 Å². The minimum atomic E-state index is -0.144. The van der Waals surface area contributed by atoms with E-state index >= 15 is 0 Å². The van der Waals surface area contributed by atoms with E-state index in [0.717, 1.165) is 5.92 Å². The molecule has 0 aromatic carbocycles. The lowest BCUT2D eigenvalue weighted by molar-refractivity contribution is -0.146. The highest BCUT2D eigenvalue weighted by molar-refractivity contribution is 5.71. The van der Waals surface area contributed by atoms with E-state index < -0.39 is 0 Å². The zero-order valence-corrected chi connectivity index (χ0v) is 8.67. The lowest BCUT2D eigenvalue weighted by Crippen LogP contribution is -2.43. The standard InChI is InChI=1S/C10H19NO2/c1-7(2)13-10(12)6-11-9-4-8(3)5-9/h7-9,11H,4-6H2,1-3H3. The molecular weight excluding hydrogens is 166 g/mol. The Morgan fingerprint density at radius 1 is 1.54 bits per heavy atom. The van der Waals surface area contributed by atoms with Crippen molar-refractivity contribution in [2.24, 2.45) is 5.92 Å². The van der Waals surface area contributed by atoms with Gasteiger partial charge in [-0.3, -0.25) is 4.79 Å². The first-order valence-electron chi connectivity index (χ1n) is 5.00. The predicted octanol–water partition coefficient (Wildman–Crippen LogP) is 1.33. The maximum Gasteiger partial charge on any atom is 0.320 e.